The van der Waals surface area contributed by atoms with Crippen LogP contribution in [0.1, 0.15) is 18.4 Å². The highest BCUT2D eigenvalue weighted by molar-refractivity contribution is 5.60. The van der Waals surface area contributed by atoms with E-state index in [1.54, 1.807) is 0 Å². The normalized spacial score (nSPS) is 10.9. The molecule has 0 aliphatic rings. The highest BCUT2D eigenvalue weighted by Crippen LogP contribution is 2.28. The van der Waals surface area contributed by atoms with Gasteiger partial charge in [0.05, 0.1) is 20.8 Å². The summed E-state index contributed by atoms with van der Waals surface area (Å²) in [6.07, 6.45) is -1.06. The third-order valence-corrected chi connectivity index (χ3v) is 3.86. The van der Waals surface area contributed by atoms with Crippen LogP contribution in [0, 0.1) is 5.41 Å². The van der Waals surface area contributed by atoms with Crippen molar-refractivity contribution in [1.82, 2.24) is 0 Å². The molecule has 1 rings (SSSR count). The van der Waals surface area contributed by atoms with Crippen LogP contribution in [-0.4, -0.2) is 58.1 Å². The molecule has 1 N–H and O–H groups in total. The number of ether oxygens (including phenoxy) is 5. The van der Waals surface area contributed by atoms with Gasteiger partial charge in [0.1, 0.15) is 13.2 Å². The fourth-order valence-corrected chi connectivity index (χ4v) is 2.29. The molecule has 0 aliphatic heterocycles. The number of methoxy groups -OCH3 is 2. The van der Waals surface area contributed by atoms with Crippen molar-refractivity contribution in [3.05, 3.63) is 35.9 Å². The van der Waals surface area contributed by atoms with Gasteiger partial charge in [-0.25, -0.2) is 9.59 Å². The Kier molecular flexibility index (Phi) is 10.1. The topological polar surface area (TPSA) is 101 Å². The maximum Gasteiger partial charge on any atom is 0.507 e. The van der Waals surface area contributed by atoms with Gasteiger partial charge in [-0.15, -0.1) is 0 Å². The molecule has 146 valence electrons. The Bertz CT molecular complexity index is 511. The van der Waals surface area contributed by atoms with Gasteiger partial charge >= 0.3 is 12.3 Å². The predicted octanol–water partition coefficient (Wildman–Crippen LogP) is 2.53. The van der Waals surface area contributed by atoms with Gasteiger partial charge in [-0.3, -0.25) is 0 Å². The van der Waals surface area contributed by atoms with Gasteiger partial charge < -0.3 is 28.8 Å². The summed E-state index contributed by atoms with van der Waals surface area (Å²) in [4.78, 5) is 22.6. The highest BCUT2D eigenvalue weighted by atomic mass is 16.7. The molecule has 0 unspecified atom stereocenters. The van der Waals surface area contributed by atoms with Gasteiger partial charge in [0.25, 0.3) is 0 Å². The second kappa shape index (κ2) is 12.1. The van der Waals surface area contributed by atoms with Crippen molar-refractivity contribution in [3.63, 3.8) is 0 Å². The quantitative estimate of drug-likeness (QED) is 0.468. The first-order valence-electron chi connectivity index (χ1n) is 8.19. The Morgan fingerprint density at radius 3 is 2.04 bits per heavy atom. The molecule has 0 saturated carbocycles. The number of benzene rings is 1. The van der Waals surface area contributed by atoms with E-state index in [-0.39, 0.29) is 26.2 Å². The lowest BCUT2D eigenvalue weighted by Crippen LogP contribution is -2.36. The van der Waals surface area contributed by atoms with Crippen LogP contribution in [0.3, 0.4) is 0 Å². The van der Waals surface area contributed by atoms with Crippen LogP contribution in [0.25, 0.3) is 0 Å². The summed E-state index contributed by atoms with van der Waals surface area (Å²) in [5, 5.41) is 9.40. The van der Waals surface area contributed by atoms with E-state index in [0.29, 0.717) is 19.6 Å². The van der Waals surface area contributed by atoms with Crippen LogP contribution in [0.2, 0.25) is 0 Å². The molecule has 0 atom stereocenters. The summed E-state index contributed by atoms with van der Waals surface area (Å²) >= 11 is 0. The summed E-state index contributed by atoms with van der Waals surface area (Å²) in [7, 11) is 2.40. The van der Waals surface area contributed by atoms with Crippen molar-refractivity contribution >= 4 is 12.3 Å². The summed E-state index contributed by atoms with van der Waals surface area (Å²) in [6.45, 7) is 0.390. The number of aliphatic hydroxyl groups excluding tert-OH is 1. The molecule has 0 aromatic heterocycles. The van der Waals surface area contributed by atoms with Crippen molar-refractivity contribution in [2.45, 2.75) is 19.4 Å². The minimum absolute atomic E-state index is 0.0913. The fourth-order valence-electron chi connectivity index (χ4n) is 2.29. The smallest absolute Gasteiger partial charge is 0.438 e. The number of carbonyl (C=O) groups excluding carboxylic acids is 2. The average molecular weight is 370 g/mol. The second-order valence-corrected chi connectivity index (χ2v) is 5.75. The van der Waals surface area contributed by atoms with Crippen LogP contribution < -0.4 is 0 Å². The Morgan fingerprint density at radius 2 is 1.54 bits per heavy atom. The van der Waals surface area contributed by atoms with E-state index in [2.05, 4.69) is 9.47 Å². The van der Waals surface area contributed by atoms with E-state index in [1.165, 1.54) is 14.2 Å². The van der Waals surface area contributed by atoms with E-state index in [4.69, 9.17) is 14.2 Å². The monoisotopic (exact) mass is 370 g/mol. The first-order chi connectivity index (χ1) is 12.5. The van der Waals surface area contributed by atoms with E-state index in [1.807, 2.05) is 30.3 Å². The maximum atomic E-state index is 11.3. The zero-order valence-corrected chi connectivity index (χ0v) is 15.1. The van der Waals surface area contributed by atoms with Crippen LogP contribution in [0.15, 0.2) is 30.3 Å². The number of hydrogen-bond acceptors (Lipinski definition) is 8. The van der Waals surface area contributed by atoms with Gasteiger partial charge in [-0.05, 0) is 18.4 Å². The predicted molar refractivity (Wildman–Crippen MR) is 91.6 cm³/mol. The standard InChI is InChI=1S/C18H26O8/c1-22-16(20)25-13-18(8-10-19,14-26-17(21)23-2)9-11-24-12-15-6-4-3-5-7-15/h3-7,19H,8-14H2,1-2H3. The molecule has 0 spiro atoms. The molecule has 0 radical (unpaired) electrons. The lowest BCUT2D eigenvalue weighted by Gasteiger charge is -2.31. The first-order valence-corrected chi connectivity index (χ1v) is 8.19. The Labute approximate surface area is 152 Å². The molecular weight excluding hydrogens is 344 g/mol. The zero-order valence-electron chi connectivity index (χ0n) is 15.1. The van der Waals surface area contributed by atoms with Crippen molar-refractivity contribution in [1.29, 1.82) is 0 Å². The minimum Gasteiger partial charge on any atom is -0.438 e. The highest BCUT2D eigenvalue weighted by Gasteiger charge is 2.34. The molecular formula is C18H26O8. The Hall–Kier alpha value is -2.32. The van der Waals surface area contributed by atoms with Crippen molar-refractivity contribution < 1.29 is 38.4 Å². The Balaban J connectivity index is 2.65. The van der Waals surface area contributed by atoms with Gasteiger partial charge in [0.2, 0.25) is 0 Å². The lowest BCUT2D eigenvalue weighted by atomic mass is 9.83. The molecule has 26 heavy (non-hydrogen) atoms. The minimum atomic E-state index is -0.851. The molecule has 8 nitrogen and oxygen atoms in total. The molecule has 0 bridgehead atoms. The number of aliphatic hydroxyl groups is 1. The first kappa shape index (κ1) is 21.7. The van der Waals surface area contributed by atoms with E-state index in [9.17, 15) is 14.7 Å². The fraction of sp³-hybridized carbons (Fsp3) is 0.556. The lowest BCUT2D eigenvalue weighted by molar-refractivity contribution is -0.0388. The zero-order chi connectivity index (χ0) is 19.3. The maximum absolute atomic E-state index is 11.3. The van der Waals surface area contributed by atoms with Gasteiger partial charge in [-0.2, -0.15) is 0 Å². The third-order valence-electron chi connectivity index (χ3n) is 3.86. The summed E-state index contributed by atoms with van der Waals surface area (Å²) in [5.41, 5.74) is 0.213. The Morgan fingerprint density at radius 1 is 0.962 bits per heavy atom. The van der Waals surface area contributed by atoms with Gasteiger partial charge in [0, 0.05) is 18.6 Å². The molecule has 0 saturated heterocycles. The van der Waals surface area contributed by atoms with Gasteiger partial charge in [-0.1, -0.05) is 30.3 Å². The number of hydrogen-bond donors (Lipinski definition) is 1. The molecule has 1 aromatic carbocycles. The third kappa shape index (κ3) is 8.17. The molecule has 0 amide bonds. The van der Waals surface area contributed by atoms with E-state index in [0.717, 1.165) is 5.56 Å². The van der Waals surface area contributed by atoms with E-state index < -0.39 is 17.7 Å². The summed E-state index contributed by atoms with van der Waals surface area (Å²) in [5.74, 6) is 0. The van der Waals surface area contributed by atoms with Crippen molar-refractivity contribution in [2.24, 2.45) is 5.41 Å². The molecule has 0 heterocycles. The molecule has 1 aromatic rings. The van der Waals surface area contributed by atoms with Crippen LogP contribution in [0.5, 0.6) is 0 Å². The van der Waals surface area contributed by atoms with Crippen LogP contribution >= 0.6 is 0 Å². The van der Waals surface area contributed by atoms with Crippen molar-refractivity contribution in [2.75, 3.05) is 40.6 Å². The largest absolute Gasteiger partial charge is 0.507 e. The number of rotatable bonds is 11. The van der Waals surface area contributed by atoms with Gasteiger partial charge in [0.15, 0.2) is 0 Å². The summed E-state index contributed by atoms with van der Waals surface area (Å²) in [6, 6.07) is 9.65. The SMILES string of the molecule is COC(=O)OCC(CCO)(CCOCc1ccccc1)COC(=O)OC. The molecule has 0 aliphatic carbocycles. The van der Waals surface area contributed by atoms with Crippen LogP contribution in [-0.2, 0) is 30.3 Å². The second-order valence-electron chi connectivity index (χ2n) is 5.75. The molecule has 0 fully saturated rings. The molecule has 8 heteroatoms. The van der Waals surface area contributed by atoms with E-state index >= 15 is 0 Å². The average Bonchev–Trinajstić information content (AvgIpc) is 2.68. The van der Waals surface area contributed by atoms with Crippen molar-refractivity contribution in [3.8, 4) is 0 Å². The van der Waals surface area contributed by atoms with Crippen LogP contribution in [0.4, 0.5) is 9.59 Å². The number of carbonyl (C=O) groups is 2. The summed E-state index contributed by atoms with van der Waals surface area (Å²) < 4.78 is 24.7.